The van der Waals surface area contributed by atoms with Gasteiger partial charge in [-0.2, -0.15) is 0 Å². The number of hydrogen-bond acceptors (Lipinski definition) is 6. The van der Waals surface area contributed by atoms with Crippen LogP contribution in [-0.4, -0.2) is 39.6 Å². The van der Waals surface area contributed by atoms with Gasteiger partial charge in [0.1, 0.15) is 12.4 Å². The SMILES string of the molecule is O=C(NC(CO)C(=O)OCc1cc(=O)[nH]c(C2CC2)n1)c1ccccc1. The van der Waals surface area contributed by atoms with Crippen LogP contribution in [-0.2, 0) is 16.1 Å². The zero-order chi connectivity index (χ0) is 18.5. The van der Waals surface area contributed by atoms with Gasteiger partial charge in [0.05, 0.1) is 12.3 Å². The van der Waals surface area contributed by atoms with Gasteiger partial charge in [0, 0.05) is 17.5 Å². The van der Waals surface area contributed by atoms with Crippen LogP contribution >= 0.6 is 0 Å². The van der Waals surface area contributed by atoms with Crippen molar-refractivity contribution < 1.29 is 19.4 Å². The summed E-state index contributed by atoms with van der Waals surface area (Å²) in [5, 5.41) is 11.8. The number of ether oxygens (including phenoxy) is 1. The van der Waals surface area contributed by atoms with E-state index in [2.05, 4.69) is 15.3 Å². The van der Waals surface area contributed by atoms with E-state index in [4.69, 9.17) is 4.74 Å². The van der Waals surface area contributed by atoms with Gasteiger partial charge in [-0.05, 0) is 25.0 Å². The first-order valence-corrected chi connectivity index (χ1v) is 8.30. The number of esters is 1. The summed E-state index contributed by atoms with van der Waals surface area (Å²) in [4.78, 5) is 42.8. The van der Waals surface area contributed by atoms with Gasteiger partial charge in [0.2, 0.25) is 0 Å². The normalized spacial score (nSPS) is 14.5. The van der Waals surface area contributed by atoms with E-state index in [0.29, 0.717) is 17.1 Å². The molecule has 1 aliphatic rings. The maximum atomic E-state index is 12.1. The van der Waals surface area contributed by atoms with Crippen LogP contribution in [0.4, 0.5) is 0 Å². The molecule has 1 heterocycles. The summed E-state index contributed by atoms with van der Waals surface area (Å²) in [7, 11) is 0. The van der Waals surface area contributed by atoms with Gasteiger partial charge >= 0.3 is 5.97 Å². The Hall–Kier alpha value is -3.00. The highest BCUT2D eigenvalue weighted by atomic mass is 16.5. The number of H-pyrrole nitrogens is 1. The van der Waals surface area contributed by atoms with Crippen LogP contribution in [0.5, 0.6) is 0 Å². The Kier molecular flexibility index (Phi) is 5.43. The Morgan fingerprint density at radius 2 is 2.04 bits per heavy atom. The van der Waals surface area contributed by atoms with E-state index in [9.17, 15) is 19.5 Å². The molecule has 1 saturated carbocycles. The predicted molar refractivity (Wildman–Crippen MR) is 91.4 cm³/mol. The second kappa shape index (κ2) is 7.92. The van der Waals surface area contributed by atoms with Crippen molar-refractivity contribution >= 4 is 11.9 Å². The van der Waals surface area contributed by atoms with Gasteiger partial charge in [-0.15, -0.1) is 0 Å². The van der Waals surface area contributed by atoms with Crippen molar-refractivity contribution in [2.75, 3.05) is 6.61 Å². The maximum Gasteiger partial charge on any atom is 0.331 e. The minimum absolute atomic E-state index is 0.208. The number of hydrogen-bond donors (Lipinski definition) is 3. The number of carbonyl (C=O) groups is 2. The number of aromatic nitrogens is 2. The zero-order valence-electron chi connectivity index (χ0n) is 14.0. The smallest absolute Gasteiger partial charge is 0.331 e. The second-order valence-electron chi connectivity index (χ2n) is 6.08. The summed E-state index contributed by atoms with van der Waals surface area (Å²) >= 11 is 0. The van der Waals surface area contributed by atoms with Gasteiger partial charge in [-0.1, -0.05) is 18.2 Å². The summed E-state index contributed by atoms with van der Waals surface area (Å²) in [6, 6.07) is 8.39. The summed E-state index contributed by atoms with van der Waals surface area (Å²) in [6.45, 7) is -0.812. The van der Waals surface area contributed by atoms with Gasteiger partial charge in [-0.3, -0.25) is 9.59 Å². The Balaban J connectivity index is 1.59. The molecule has 0 spiro atoms. The third kappa shape index (κ3) is 4.54. The predicted octanol–water partition coefficient (Wildman–Crippen LogP) is 0.481. The van der Waals surface area contributed by atoms with Crippen LogP contribution < -0.4 is 10.9 Å². The molecule has 1 aromatic carbocycles. The summed E-state index contributed by atoms with van der Waals surface area (Å²) in [6.07, 6.45) is 1.95. The van der Waals surface area contributed by atoms with Crippen molar-refractivity contribution in [2.45, 2.75) is 31.4 Å². The van der Waals surface area contributed by atoms with E-state index in [0.717, 1.165) is 12.8 Å². The molecule has 2 aromatic rings. The Labute approximate surface area is 149 Å². The minimum Gasteiger partial charge on any atom is -0.458 e. The number of benzene rings is 1. The van der Waals surface area contributed by atoms with E-state index in [1.165, 1.54) is 6.07 Å². The quantitative estimate of drug-likeness (QED) is 0.620. The number of carbonyl (C=O) groups excluding carboxylic acids is 2. The van der Waals surface area contributed by atoms with Crippen LogP contribution in [0.1, 0.15) is 40.6 Å². The molecule has 26 heavy (non-hydrogen) atoms. The molecule has 0 radical (unpaired) electrons. The molecule has 1 unspecified atom stereocenters. The van der Waals surface area contributed by atoms with E-state index in [1.54, 1.807) is 30.3 Å². The van der Waals surface area contributed by atoms with Crippen molar-refractivity contribution in [3.63, 3.8) is 0 Å². The van der Waals surface area contributed by atoms with Crippen LogP contribution in [0.2, 0.25) is 0 Å². The first-order valence-electron chi connectivity index (χ1n) is 8.30. The number of nitrogens with zero attached hydrogens (tertiary/aromatic N) is 1. The Bertz CT molecular complexity index is 845. The van der Waals surface area contributed by atoms with Crippen LogP contribution in [0.25, 0.3) is 0 Å². The molecular weight excluding hydrogens is 338 g/mol. The van der Waals surface area contributed by atoms with Crippen molar-refractivity contribution in [3.05, 3.63) is 63.8 Å². The van der Waals surface area contributed by atoms with Crippen molar-refractivity contribution in [2.24, 2.45) is 0 Å². The standard InChI is InChI=1S/C18H19N3O5/c22-9-14(20-17(24)12-4-2-1-3-5-12)18(25)26-10-13-8-15(23)21-16(19-13)11-6-7-11/h1-5,8,11,14,22H,6-7,9-10H2,(H,20,24)(H,19,21,23). The number of nitrogens with one attached hydrogen (secondary N) is 2. The number of aliphatic hydroxyl groups is 1. The third-order valence-electron chi connectivity index (χ3n) is 3.95. The zero-order valence-corrected chi connectivity index (χ0v) is 14.0. The highest BCUT2D eigenvalue weighted by Gasteiger charge is 2.27. The monoisotopic (exact) mass is 357 g/mol. The van der Waals surface area contributed by atoms with Gasteiger partial charge < -0.3 is 20.1 Å². The first kappa shape index (κ1) is 17.8. The van der Waals surface area contributed by atoms with Crippen LogP contribution in [0.3, 0.4) is 0 Å². The minimum atomic E-state index is -1.20. The highest BCUT2D eigenvalue weighted by Crippen LogP contribution is 2.37. The summed E-state index contributed by atoms with van der Waals surface area (Å²) < 4.78 is 5.10. The highest BCUT2D eigenvalue weighted by molar-refractivity contribution is 5.96. The topological polar surface area (TPSA) is 121 Å². The van der Waals surface area contributed by atoms with Crippen molar-refractivity contribution in [1.29, 1.82) is 0 Å². The van der Waals surface area contributed by atoms with Gasteiger partial charge in [0.15, 0.2) is 6.04 Å². The van der Waals surface area contributed by atoms with Crippen LogP contribution in [0, 0.1) is 0 Å². The molecule has 3 N–H and O–H groups in total. The molecule has 3 rings (SSSR count). The fraction of sp³-hybridized carbons (Fsp3) is 0.333. The molecule has 1 fully saturated rings. The van der Waals surface area contributed by atoms with Crippen molar-refractivity contribution in [1.82, 2.24) is 15.3 Å². The molecule has 1 aliphatic carbocycles. The lowest BCUT2D eigenvalue weighted by molar-refractivity contribution is -0.148. The molecule has 0 saturated heterocycles. The van der Waals surface area contributed by atoms with E-state index in [-0.39, 0.29) is 18.1 Å². The van der Waals surface area contributed by atoms with Gasteiger partial charge in [-0.25, -0.2) is 9.78 Å². The first-order chi connectivity index (χ1) is 12.6. The van der Waals surface area contributed by atoms with E-state index < -0.39 is 24.5 Å². The molecule has 1 amide bonds. The van der Waals surface area contributed by atoms with E-state index >= 15 is 0 Å². The molecule has 0 aliphatic heterocycles. The Morgan fingerprint density at radius 1 is 1.31 bits per heavy atom. The maximum absolute atomic E-state index is 12.1. The number of amides is 1. The summed E-state index contributed by atoms with van der Waals surface area (Å²) in [5.74, 6) is -0.438. The Morgan fingerprint density at radius 3 is 2.69 bits per heavy atom. The third-order valence-corrected chi connectivity index (χ3v) is 3.95. The lowest BCUT2D eigenvalue weighted by Crippen LogP contribution is -2.44. The van der Waals surface area contributed by atoms with Crippen LogP contribution in [0.15, 0.2) is 41.2 Å². The molecule has 136 valence electrons. The molecule has 1 aromatic heterocycles. The lowest BCUT2D eigenvalue weighted by atomic mass is 10.2. The molecule has 1 atom stereocenters. The molecular formula is C18H19N3O5. The lowest BCUT2D eigenvalue weighted by Gasteiger charge is -2.15. The fourth-order valence-corrected chi connectivity index (χ4v) is 2.41. The largest absolute Gasteiger partial charge is 0.458 e. The molecule has 8 heteroatoms. The van der Waals surface area contributed by atoms with Crippen molar-refractivity contribution in [3.8, 4) is 0 Å². The average Bonchev–Trinajstić information content (AvgIpc) is 3.49. The summed E-state index contributed by atoms with van der Waals surface area (Å²) in [5.41, 5.74) is 0.392. The number of rotatable bonds is 7. The number of aliphatic hydroxyl groups excluding tert-OH is 1. The number of aromatic amines is 1. The van der Waals surface area contributed by atoms with Gasteiger partial charge in [0.25, 0.3) is 11.5 Å². The second-order valence-corrected chi connectivity index (χ2v) is 6.08. The molecule has 8 nitrogen and oxygen atoms in total. The fourth-order valence-electron chi connectivity index (χ4n) is 2.41. The van der Waals surface area contributed by atoms with E-state index in [1.807, 2.05) is 0 Å². The molecule has 0 bridgehead atoms. The average molecular weight is 357 g/mol.